The number of hydrogen-bond donors (Lipinski definition) is 1. The lowest BCUT2D eigenvalue weighted by atomic mass is 10.2. The summed E-state index contributed by atoms with van der Waals surface area (Å²) in [7, 11) is -3.42. The van der Waals surface area contributed by atoms with Crippen LogP contribution in [0.3, 0.4) is 0 Å². The van der Waals surface area contributed by atoms with Crippen LogP contribution in [-0.2, 0) is 15.8 Å². The van der Waals surface area contributed by atoms with Gasteiger partial charge in [0.1, 0.15) is 11.4 Å². The lowest BCUT2D eigenvalue weighted by Crippen LogP contribution is -2.31. The maximum Gasteiger partial charge on any atom is 0.217 e. The van der Waals surface area contributed by atoms with Gasteiger partial charge in [-0.05, 0) is 32.0 Å². The highest BCUT2D eigenvalue weighted by Gasteiger charge is 2.18. The van der Waals surface area contributed by atoms with Gasteiger partial charge in [0.25, 0.3) is 0 Å². The molecule has 0 saturated heterocycles. The number of aromatic nitrogens is 1. The standard InChI is InChI=1S/C11H13ClN2O3S/c1-7(2)14-18(15,16)6-10-9-5-8(12)3-4-11(9)17-13-10/h3-5,7,14H,6H2,1-2H3. The maximum absolute atomic E-state index is 11.8. The van der Waals surface area contributed by atoms with Crippen molar-refractivity contribution in [1.29, 1.82) is 0 Å². The lowest BCUT2D eigenvalue weighted by Gasteiger charge is -2.07. The van der Waals surface area contributed by atoms with Crippen molar-refractivity contribution in [2.45, 2.75) is 25.6 Å². The maximum atomic E-state index is 11.8. The van der Waals surface area contributed by atoms with Gasteiger partial charge in [-0.2, -0.15) is 0 Å². The van der Waals surface area contributed by atoms with Crippen molar-refractivity contribution in [3.05, 3.63) is 28.9 Å². The van der Waals surface area contributed by atoms with Crippen molar-refractivity contribution in [3.8, 4) is 0 Å². The van der Waals surface area contributed by atoms with E-state index in [0.717, 1.165) is 0 Å². The van der Waals surface area contributed by atoms with Crippen LogP contribution in [0, 0.1) is 0 Å². The molecule has 1 heterocycles. The van der Waals surface area contributed by atoms with E-state index >= 15 is 0 Å². The molecule has 7 heteroatoms. The largest absolute Gasteiger partial charge is 0.356 e. The highest BCUT2D eigenvalue weighted by atomic mass is 35.5. The van der Waals surface area contributed by atoms with E-state index in [4.69, 9.17) is 16.1 Å². The summed E-state index contributed by atoms with van der Waals surface area (Å²) in [6.45, 7) is 3.52. The number of rotatable bonds is 4. The number of nitrogens with one attached hydrogen (secondary N) is 1. The summed E-state index contributed by atoms with van der Waals surface area (Å²) >= 11 is 5.87. The van der Waals surface area contributed by atoms with Crippen LogP contribution in [0.15, 0.2) is 22.7 Å². The Kier molecular flexibility index (Phi) is 3.61. The van der Waals surface area contributed by atoms with E-state index in [0.29, 0.717) is 21.7 Å². The molecule has 2 aromatic rings. The number of sulfonamides is 1. The van der Waals surface area contributed by atoms with Crippen LogP contribution in [0.5, 0.6) is 0 Å². The molecule has 0 fully saturated rings. The predicted molar refractivity (Wildman–Crippen MR) is 69.9 cm³/mol. The first-order chi connectivity index (χ1) is 8.37. The van der Waals surface area contributed by atoms with E-state index in [-0.39, 0.29) is 11.8 Å². The van der Waals surface area contributed by atoms with Crippen LogP contribution >= 0.6 is 11.6 Å². The Hall–Kier alpha value is -1.11. The summed E-state index contributed by atoms with van der Waals surface area (Å²) < 4.78 is 31.2. The zero-order valence-electron chi connectivity index (χ0n) is 9.97. The third kappa shape index (κ3) is 3.01. The van der Waals surface area contributed by atoms with Gasteiger partial charge in [0.2, 0.25) is 10.0 Å². The van der Waals surface area contributed by atoms with Crippen LogP contribution in [-0.4, -0.2) is 19.6 Å². The fourth-order valence-electron chi connectivity index (χ4n) is 1.65. The Balaban J connectivity index is 2.35. The van der Waals surface area contributed by atoms with Crippen LogP contribution in [0.2, 0.25) is 5.02 Å². The molecule has 0 unspecified atom stereocenters. The molecule has 1 aromatic heterocycles. The second-order valence-electron chi connectivity index (χ2n) is 4.30. The minimum Gasteiger partial charge on any atom is -0.356 e. The zero-order chi connectivity index (χ0) is 13.3. The van der Waals surface area contributed by atoms with Crippen LogP contribution < -0.4 is 4.72 Å². The first kappa shape index (κ1) is 13.3. The van der Waals surface area contributed by atoms with Crippen LogP contribution in [0.4, 0.5) is 0 Å². The fourth-order valence-corrected chi connectivity index (χ4v) is 3.19. The summed E-state index contributed by atoms with van der Waals surface area (Å²) in [5.74, 6) is -0.224. The van der Waals surface area contributed by atoms with Gasteiger partial charge in [-0.1, -0.05) is 16.8 Å². The van der Waals surface area contributed by atoms with Gasteiger partial charge in [-0.25, -0.2) is 13.1 Å². The minimum atomic E-state index is -3.42. The monoisotopic (exact) mass is 288 g/mol. The average Bonchev–Trinajstić information content (AvgIpc) is 2.58. The number of hydrogen-bond acceptors (Lipinski definition) is 4. The first-order valence-electron chi connectivity index (χ1n) is 5.41. The Morgan fingerprint density at radius 2 is 2.17 bits per heavy atom. The fraction of sp³-hybridized carbons (Fsp3) is 0.364. The third-order valence-corrected chi connectivity index (χ3v) is 3.97. The SMILES string of the molecule is CC(C)NS(=O)(=O)Cc1noc2ccc(Cl)cc12. The number of fused-ring (bicyclic) bond motifs is 1. The molecule has 5 nitrogen and oxygen atoms in total. The van der Waals surface area contributed by atoms with Crippen molar-refractivity contribution in [1.82, 2.24) is 9.88 Å². The van der Waals surface area contributed by atoms with Gasteiger partial charge in [0, 0.05) is 16.5 Å². The topological polar surface area (TPSA) is 72.2 Å². The molecule has 0 atom stereocenters. The molecule has 1 N–H and O–H groups in total. The van der Waals surface area contributed by atoms with Gasteiger partial charge in [0.15, 0.2) is 5.58 Å². The molecule has 0 amide bonds. The van der Waals surface area contributed by atoms with E-state index in [1.165, 1.54) is 0 Å². The Morgan fingerprint density at radius 1 is 1.44 bits per heavy atom. The molecular weight excluding hydrogens is 276 g/mol. The molecule has 0 aliphatic carbocycles. The molecule has 18 heavy (non-hydrogen) atoms. The van der Waals surface area contributed by atoms with Gasteiger partial charge in [-0.3, -0.25) is 0 Å². The van der Waals surface area contributed by atoms with Crippen LogP contribution in [0.1, 0.15) is 19.5 Å². The third-order valence-electron chi connectivity index (χ3n) is 2.25. The molecule has 98 valence electrons. The quantitative estimate of drug-likeness (QED) is 0.937. The number of benzene rings is 1. The van der Waals surface area contributed by atoms with E-state index in [1.54, 1.807) is 32.0 Å². The second-order valence-corrected chi connectivity index (χ2v) is 6.49. The molecule has 1 aromatic carbocycles. The summed E-state index contributed by atoms with van der Waals surface area (Å²) in [4.78, 5) is 0. The van der Waals surface area contributed by atoms with Crippen molar-refractivity contribution in [3.63, 3.8) is 0 Å². The van der Waals surface area contributed by atoms with E-state index in [9.17, 15) is 8.42 Å². The summed E-state index contributed by atoms with van der Waals surface area (Å²) in [6, 6.07) is 4.82. The van der Waals surface area contributed by atoms with Gasteiger partial charge in [-0.15, -0.1) is 0 Å². The summed E-state index contributed by atoms with van der Waals surface area (Å²) in [5.41, 5.74) is 0.884. The Labute approximate surface area is 110 Å². The molecule has 2 rings (SSSR count). The second kappa shape index (κ2) is 4.87. The predicted octanol–water partition coefficient (Wildman–Crippen LogP) is 2.31. The van der Waals surface area contributed by atoms with E-state index < -0.39 is 10.0 Å². The Bertz CT molecular complexity index is 664. The van der Waals surface area contributed by atoms with Crippen molar-refractivity contribution >= 4 is 32.6 Å². The normalized spacial score (nSPS) is 12.4. The van der Waals surface area contributed by atoms with Crippen molar-refractivity contribution < 1.29 is 12.9 Å². The van der Waals surface area contributed by atoms with E-state index in [1.807, 2.05) is 0 Å². The van der Waals surface area contributed by atoms with Crippen molar-refractivity contribution in [2.24, 2.45) is 0 Å². The molecule has 0 aliphatic heterocycles. The summed E-state index contributed by atoms with van der Waals surface area (Å²) in [5, 5.41) is 4.91. The van der Waals surface area contributed by atoms with Gasteiger partial charge >= 0.3 is 0 Å². The molecule has 0 saturated carbocycles. The summed E-state index contributed by atoms with van der Waals surface area (Å²) in [6.07, 6.45) is 0. The van der Waals surface area contributed by atoms with Crippen molar-refractivity contribution in [2.75, 3.05) is 0 Å². The highest BCUT2D eigenvalue weighted by molar-refractivity contribution is 7.88. The number of nitrogens with zero attached hydrogens (tertiary/aromatic N) is 1. The molecule has 0 radical (unpaired) electrons. The van der Waals surface area contributed by atoms with E-state index in [2.05, 4.69) is 9.88 Å². The minimum absolute atomic E-state index is 0.156. The molecule has 0 spiro atoms. The Morgan fingerprint density at radius 3 is 2.83 bits per heavy atom. The van der Waals surface area contributed by atoms with Crippen LogP contribution in [0.25, 0.3) is 11.0 Å². The van der Waals surface area contributed by atoms with Gasteiger partial charge < -0.3 is 4.52 Å². The molecule has 0 bridgehead atoms. The first-order valence-corrected chi connectivity index (χ1v) is 7.44. The highest BCUT2D eigenvalue weighted by Crippen LogP contribution is 2.23. The van der Waals surface area contributed by atoms with Gasteiger partial charge in [0.05, 0.1) is 0 Å². The zero-order valence-corrected chi connectivity index (χ0v) is 11.5. The lowest BCUT2D eigenvalue weighted by molar-refractivity contribution is 0.448. The average molecular weight is 289 g/mol. The molecule has 0 aliphatic rings. The molecular formula is C11H13ClN2O3S. The smallest absolute Gasteiger partial charge is 0.217 e. The number of halogens is 1.